The molecule has 1 rings (SSSR count). The van der Waals surface area contributed by atoms with Crippen LogP contribution in [0, 0.1) is 0 Å². The number of ether oxygens (including phenoxy) is 1. The molecule has 1 aromatic rings. The fourth-order valence-corrected chi connectivity index (χ4v) is 1.94. The molecule has 1 aromatic heterocycles. The molecule has 0 fully saturated rings. The van der Waals surface area contributed by atoms with Gasteiger partial charge in [0.15, 0.2) is 5.69 Å². The minimum absolute atomic E-state index is 0.0144. The number of nitrogens with zero attached hydrogens (tertiary/aromatic N) is 1. The lowest BCUT2D eigenvalue weighted by atomic mass is 10.3. The molecule has 18 heavy (non-hydrogen) atoms. The molecule has 0 bridgehead atoms. The maximum Gasteiger partial charge on any atom is 0.355 e. The maximum absolute atomic E-state index is 11.4. The van der Waals surface area contributed by atoms with Crippen LogP contribution >= 0.6 is 11.3 Å². The van der Waals surface area contributed by atoms with Crippen molar-refractivity contribution in [1.82, 2.24) is 10.3 Å². The molecule has 0 aliphatic carbocycles. The average molecular weight is 272 g/mol. The molecule has 0 aliphatic heterocycles. The van der Waals surface area contributed by atoms with Gasteiger partial charge in [-0.15, -0.1) is 11.3 Å². The minimum Gasteiger partial charge on any atom is -0.476 e. The zero-order chi connectivity index (χ0) is 13.4. The second-order valence-electron chi connectivity index (χ2n) is 3.51. The molecule has 7 heteroatoms. The lowest BCUT2D eigenvalue weighted by molar-refractivity contribution is -0.121. The fourth-order valence-electron chi connectivity index (χ4n) is 1.23. The largest absolute Gasteiger partial charge is 0.476 e. The topological polar surface area (TPSA) is 88.5 Å². The summed E-state index contributed by atoms with van der Waals surface area (Å²) < 4.78 is 5.12. The molecule has 0 atom stereocenters. The molecule has 0 unspecified atom stereocenters. The molecule has 0 spiro atoms. The quantitative estimate of drug-likeness (QED) is 0.696. The van der Waals surface area contributed by atoms with Crippen LogP contribution in [-0.4, -0.2) is 35.2 Å². The maximum atomic E-state index is 11.4. The summed E-state index contributed by atoms with van der Waals surface area (Å²) in [5.41, 5.74) is 0.0144. The number of rotatable bonds is 8. The van der Waals surface area contributed by atoms with Crippen molar-refractivity contribution in [2.75, 3.05) is 13.2 Å². The van der Waals surface area contributed by atoms with Gasteiger partial charge < -0.3 is 15.2 Å². The van der Waals surface area contributed by atoms with Gasteiger partial charge in [0.25, 0.3) is 0 Å². The number of carboxylic acids is 1. The van der Waals surface area contributed by atoms with Gasteiger partial charge in [0.2, 0.25) is 5.91 Å². The molecule has 1 amide bonds. The molecule has 0 aliphatic rings. The van der Waals surface area contributed by atoms with Crippen molar-refractivity contribution in [3.05, 3.63) is 16.1 Å². The second kappa shape index (κ2) is 7.78. The highest BCUT2D eigenvalue weighted by atomic mass is 32.1. The van der Waals surface area contributed by atoms with Crippen LogP contribution < -0.4 is 5.32 Å². The van der Waals surface area contributed by atoms with E-state index >= 15 is 0 Å². The van der Waals surface area contributed by atoms with Gasteiger partial charge >= 0.3 is 5.97 Å². The number of amides is 1. The third-order valence-electron chi connectivity index (χ3n) is 2.10. The molecule has 1 heterocycles. The molecule has 0 saturated heterocycles. The lowest BCUT2D eigenvalue weighted by Gasteiger charge is -2.03. The Bertz CT molecular complexity index is 406. The number of carbonyl (C=O) groups excluding carboxylic acids is 1. The first-order valence-electron chi connectivity index (χ1n) is 5.65. The Morgan fingerprint density at radius 2 is 2.33 bits per heavy atom. The summed E-state index contributed by atoms with van der Waals surface area (Å²) in [6, 6.07) is 0. The Balaban J connectivity index is 2.23. The third kappa shape index (κ3) is 5.24. The molecule has 2 N–H and O–H groups in total. The van der Waals surface area contributed by atoms with Crippen LogP contribution in [0.4, 0.5) is 0 Å². The summed E-state index contributed by atoms with van der Waals surface area (Å²) in [6.07, 6.45) is 1.08. The third-order valence-corrected chi connectivity index (χ3v) is 2.95. The van der Waals surface area contributed by atoms with Crippen molar-refractivity contribution < 1.29 is 19.4 Å². The van der Waals surface area contributed by atoms with Crippen molar-refractivity contribution in [3.8, 4) is 0 Å². The predicted molar refractivity (Wildman–Crippen MR) is 66.6 cm³/mol. The summed E-state index contributed by atoms with van der Waals surface area (Å²) >= 11 is 1.22. The normalized spacial score (nSPS) is 10.3. The molecular formula is C11H16N2O4S. The van der Waals surface area contributed by atoms with Crippen LogP contribution in [0.5, 0.6) is 0 Å². The standard InChI is InChI=1S/C11H16N2O4S/c1-2-17-5-3-4-9(14)12-6-10-13-8(7-18-10)11(15)16/h7H,2-6H2,1H3,(H,12,14)(H,15,16). The van der Waals surface area contributed by atoms with Crippen LogP contribution in [0.15, 0.2) is 5.38 Å². The molecule has 0 aromatic carbocycles. The molecule has 0 radical (unpaired) electrons. The Kier molecular flexibility index (Phi) is 6.31. The molecular weight excluding hydrogens is 256 g/mol. The second-order valence-corrected chi connectivity index (χ2v) is 4.45. The monoisotopic (exact) mass is 272 g/mol. The van der Waals surface area contributed by atoms with Crippen LogP contribution in [0.25, 0.3) is 0 Å². The average Bonchev–Trinajstić information content (AvgIpc) is 2.81. The summed E-state index contributed by atoms with van der Waals surface area (Å²) in [5.74, 6) is -1.14. The van der Waals surface area contributed by atoms with Gasteiger partial charge in [0.05, 0.1) is 6.54 Å². The van der Waals surface area contributed by atoms with Gasteiger partial charge in [-0.2, -0.15) is 0 Å². The number of thiazole rings is 1. The Labute approximate surface area is 109 Å². The highest BCUT2D eigenvalue weighted by Crippen LogP contribution is 2.09. The number of nitrogens with one attached hydrogen (secondary N) is 1. The van der Waals surface area contributed by atoms with E-state index in [-0.39, 0.29) is 18.1 Å². The van der Waals surface area contributed by atoms with E-state index in [1.165, 1.54) is 16.7 Å². The number of hydrogen-bond acceptors (Lipinski definition) is 5. The van der Waals surface area contributed by atoms with Gasteiger partial charge in [0, 0.05) is 25.0 Å². The molecule has 100 valence electrons. The predicted octanol–water partition coefficient (Wildman–Crippen LogP) is 1.27. The first-order valence-corrected chi connectivity index (χ1v) is 6.53. The van der Waals surface area contributed by atoms with Crippen LogP contribution in [0.3, 0.4) is 0 Å². The Morgan fingerprint density at radius 1 is 1.56 bits per heavy atom. The van der Waals surface area contributed by atoms with Gasteiger partial charge in [-0.3, -0.25) is 4.79 Å². The highest BCUT2D eigenvalue weighted by Gasteiger charge is 2.09. The molecule has 0 saturated carbocycles. The summed E-state index contributed by atoms with van der Waals surface area (Å²) in [7, 11) is 0. The van der Waals surface area contributed by atoms with Crippen molar-refractivity contribution in [2.24, 2.45) is 0 Å². The van der Waals surface area contributed by atoms with E-state index in [0.29, 0.717) is 31.1 Å². The van der Waals surface area contributed by atoms with E-state index in [1.54, 1.807) is 0 Å². The van der Waals surface area contributed by atoms with Crippen molar-refractivity contribution >= 4 is 23.2 Å². The van der Waals surface area contributed by atoms with Gasteiger partial charge in [-0.05, 0) is 13.3 Å². The van der Waals surface area contributed by atoms with E-state index in [1.807, 2.05) is 6.92 Å². The minimum atomic E-state index is -1.06. The van der Waals surface area contributed by atoms with E-state index in [4.69, 9.17) is 9.84 Å². The number of hydrogen-bond donors (Lipinski definition) is 2. The number of aromatic nitrogens is 1. The smallest absolute Gasteiger partial charge is 0.355 e. The zero-order valence-electron chi connectivity index (χ0n) is 10.1. The van der Waals surface area contributed by atoms with E-state index in [2.05, 4.69) is 10.3 Å². The van der Waals surface area contributed by atoms with E-state index in [9.17, 15) is 9.59 Å². The Morgan fingerprint density at radius 3 is 2.94 bits per heavy atom. The zero-order valence-corrected chi connectivity index (χ0v) is 11.0. The number of aromatic carboxylic acids is 1. The van der Waals surface area contributed by atoms with E-state index in [0.717, 1.165) is 0 Å². The molecule has 6 nitrogen and oxygen atoms in total. The summed E-state index contributed by atoms with van der Waals surface area (Å²) in [4.78, 5) is 25.9. The van der Waals surface area contributed by atoms with Crippen LogP contribution in [0.1, 0.15) is 35.3 Å². The van der Waals surface area contributed by atoms with Gasteiger partial charge in [0.1, 0.15) is 5.01 Å². The number of carboxylic acid groups (broad SMARTS) is 1. The summed E-state index contributed by atoms with van der Waals surface area (Å²) in [5, 5.41) is 13.4. The van der Waals surface area contributed by atoms with Crippen LogP contribution in [-0.2, 0) is 16.1 Å². The van der Waals surface area contributed by atoms with Gasteiger partial charge in [-0.1, -0.05) is 0 Å². The first kappa shape index (κ1) is 14.6. The van der Waals surface area contributed by atoms with Crippen LogP contribution in [0.2, 0.25) is 0 Å². The number of carbonyl (C=O) groups is 2. The van der Waals surface area contributed by atoms with Crippen molar-refractivity contribution in [3.63, 3.8) is 0 Å². The van der Waals surface area contributed by atoms with E-state index < -0.39 is 5.97 Å². The van der Waals surface area contributed by atoms with Crippen molar-refractivity contribution in [1.29, 1.82) is 0 Å². The SMILES string of the molecule is CCOCCCC(=O)NCc1nc(C(=O)O)cs1. The van der Waals surface area contributed by atoms with Crippen molar-refractivity contribution in [2.45, 2.75) is 26.3 Å². The fraction of sp³-hybridized carbons (Fsp3) is 0.545. The van der Waals surface area contributed by atoms with Gasteiger partial charge in [-0.25, -0.2) is 9.78 Å². The summed E-state index contributed by atoms with van der Waals surface area (Å²) in [6.45, 7) is 3.40. The highest BCUT2D eigenvalue weighted by molar-refractivity contribution is 7.09. The first-order chi connectivity index (χ1) is 8.63. The lowest BCUT2D eigenvalue weighted by Crippen LogP contribution is -2.22. The Hall–Kier alpha value is -1.47.